The first kappa shape index (κ1) is 14.3. The summed E-state index contributed by atoms with van der Waals surface area (Å²) in [4.78, 5) is 0. The Bertz CT molecular complexity index is 276. The zero-order valence-electron chi connectivity index (χ0n) is 9.12. The van der Waals surface area contributed by atoms with Crippen molar-refractivity contribution in [1.82, 2.24) is 5.32 Å². The van der Waals surface area contributed by atoms with E-state index in [-0.39, 0.29) is 12.0 Å². The molecule has 7 heteroatoms. The molecule has 0 aromatic carbocycles. The topological polar surface area (TPSA) is 12.0 Å². The van der Waals surface area contributed by atoms with E-state index in [9.17, 15) is 26.3 Å². The molecule has 17 heavy (non-hydrogen) atoms. The summed E-state index contributed by atoms with van der Waals surface area (Å²) in [6, 6.07) is -1.71. The van der Waals surface area contributed by atoms with Gasteiger partial charge in [0, 0.05) is 6.04 Å². The quantitative estimate of drug-likeness (QED) is 0.606. The Morgan fingerprint density at radius 3 is 1.94 bits per heavy atom. The van der Waals surface area contributed by atoms with Crippen molar-refractivity contribution in [2.45, 2.75) is 37.7 Å². The molecule has 1 N–H and O–H groups in total. The van der Waals surface area contributed by atoms with Crippen molar-refractivity contribution < 1.29 is 26.3 Å². The molecule has 100 valence electrons. The average molecular weight is 261 g/mol. The molecule has 0 radical (unpaired) electrons. The molecule has 1 aliphatic rings. The van der Waals surface area contributed by atoms with E-state index in [1.54, 1.807) is 0 Å². The number of hydrogen-bond donors (Lipinski definition) is 1. The summed E-state index contributed by atoms with van der Waals surface area (Å²) in [6.07, 6.45) is -7.70. The number of likely N-dealkylation sites (N-methyl/N-ethyl adjacent to an activating group) is 1. The number of rotatable bonds is 3. The van der Waals surface area contributed by atoms with Gasteiger partial charge in [-0.1, -0.05) is 11.6 Å². The molecule has 0 amide bonds. The lowest BCUT2D eigenvalue weighted by Crippen LogP contribution is -2.50. The fourth-order valence-electron chi connectivity index (χ4n) is 2.11. The smallest absolute Gasteiger partial charge is 0.312 e. The second-order valence-electron chi connectivity index (χ2n) is 4.00. The maximum absolute atomic E-state index is 12.5. The molecule has 1 nitrogen and oxygen atoms in total. The number of allylic oxidation sites excluding steroid dienone is 1. The van der Waals surface area contributed by atoms with Gasteiger partial charge in [0.05, 0.1) is 0 Å². The summed E-state index contributed by atoms with van der Waals surface area (Å²) >= 11 is 0. The van der Waals surface area contributed by atoms with E-state index >= 15 is 0 Å². The summed E-state index contributed by atoms with van der Waals surface area (Å²) in [6.45, 7) is 0. The highest BCUT2D eigenvalue weighted by molar-refractivity contribution is 5.18. The van der Waals surface area contributed by atoms with Crippen molar-refractivity contribution in [2.75, 3.05) is 7.05 Å². The van der Waals surface area contributed by atoms with Gasteiger partial charge in [0.25, 0.3) is 0 Å². The Labute approximate surface area is 94.9 Å². The molecule has 1 unspecified atom stereocenters. The van der Waals surface area contributed by atoms with Gasteiger partial charge in [-0.2, -0.15) is 26.3 Å². The second kappa shape index (κ2) is 4.88. The van der Waals surface area contributed by atoms with Crippen molar-refractivity contribution in [1.29, 1.82) is 0 Å². The zero-order chi connectivity index (χ0) is 13.3. The highest BCUT2D eigenvalue weighted by Crippen LogP contribution is 2.44. The fourth-order valence-corrected chi connectivity index (χ4v) is 2.11. The third-order valence-corrected chi connectivity index (χ3v) is 2.83. The minimum absolute atomic E-state index is 0.201. The van der Waals surface area contributed by atoms with Crippen LogP contribution in [0.15, 0.2) is 11.6 Å². The standard InChI is InChI=1S/C10H13F6N/c1-17-7(6-4-2-3-5-6)8(9(11,12)13)10(14,15)16/h4,7-8,17H,2-3,5H2,1H3. The van der Waals surface area contributed by atoms with Gasteiger partial charge in [-0.25, -0.2) is 0 Å². The molecule has 1 atom stereocenters. The molecular formula is C10H13F6N. The number of halogens is 6. The highest BCUT2D eigenvalue weighted by Gasteiger charge is 2.60. The van der Waals surface area contributed by atoms with E-state index < -0.39 is 24.3 Å². The molecule has 0 aromatic heterocycles. The molecule has 0 fully saturated rings. The summed E-state index contributed by atoms with van der Waals surface area (Å²) in [5.41, 5.74) is 0.201. The normalized spacial score (nSPS) is 19.6. The lowest BCUT2D eigenvalue weighted by molar-refractivity contribution is -0.288. The van der Waals surface area contributed by atoms with Gasteiger partial charge < -0.3 is 5.32 Å². The summed E-state index contributed by atoms with van der Waals surface area (Å²) < 4.78 is 75.1. The molecule has 0 heterocycles. The molecule has 0 aromatic rings. The zero-order valence-corrected chi connectivity index (χ0v) is 9.12. The second-order valence-corrected chi connectivity index (χ2v) is 4.00. The van der Waals surface area contributed by atoms with Crippen LogP contribution in [0.3, 0.4) is 0 Å². The van der Waals surface area contributed by atoms with Crippen molar-refractivity contribution in [3.63, 3.8) is 0 Å². The summed E-state index contributed by atoms with van der Waals surface area (Å²) in [7, 11) is 1.12. The number of hydrogen-bond acceptors (Lipinski definition) is 1. The van der Waals surface area contributed by atoms with Crippen molar-refractivity contribution in [3.8, 4) is 0 Å². The molecule has 0 spiro atoms. The predicted molar refractivity (Wildman–Crippen MR) is 50.4 cm³/mol. The van der Waals surface area contributed by atoms with Crippen molar-refractivity contribution in [3.05, 3.63) is 11.6 Å². The third kappa shape index (κ3) is 3.37. The van der Waals surface area contributed by atoms with Crippen molar-refractivity contribution in [2.24, 2.45) is 5.92 Å². The Hall–Kier alpha value is -0.720. The Balaban J connectivity index is 3.03. The van der Waals surface area contributed by atoms with Gasteiger partial charge in [0.1, 0.15) is 0 Å². The largest absolute Gasteiger partial charge is 0.402 e. The van der Waals surface area contributed by atoms with Gasteiger partial charge in [-0.3, -0.25) is 0 Å². The molecule has 0 aliphatic heterocycles. The molecule has 0 saturated heterocycles. The van der Waals surface area contributed by atoms with Gasteiger partial charge in [0.15, 0.2) is 5.92 Å². The molecular weight excluding hydrogens is 248 g/mol. The number of alkyl halides is 6. The van der Waals surface area contributed by atoms with Crippen LogP contribution in [-0.2, 0) is 0 Å². The summed E-state index contributed by atoms with van der Waals surface area (Å²) in [5, 5.41) is 2.15. The first-order valence-electron chi connectivity index (χ1n) is 5.17. The van der Waals surface area contributed by atoms with E-state index in [2.05, 4.69) is 5.32 Å². The van der Waals surface area contributed by atoms with Gasteiger partial charge in [-0.15, -0.1) is 0 Å². The molecule has 1 rings (SSSR count). The molecule has 1 aliphatic carbocycles. The van der Waals surface area contributed by atoms with Crippen LogP contribution < -0.4 is 5.32 Å². The van der Waals surface area contributed by atoms with Crippen LogP contribution in [0.5, 0.6) is 0 Å². The average Bonchev–Trinajstić information content (AvgIpc) is 2.61. The number of nitrogens with one attached hydrogen (secondary N) is 1. The van der Waals surface area contributed by atoms with E-state index in [4.69, 9.17) is 0 Å². The van der Waals surface area contributed by atoms with Crippen LogP contribution in [0.4, 0.5) is 26.3 Å². The maximum Gasteiger partial charge on any atom is 0.402 e. The highest BCUT2D eigenvalue weighted by atomic mass is 19.4. The van der Waals surface area contributed by atoms with Gasteiger partial charge in [0.2, 0.25) is 0 Å². The maximum atomic E-state index is 12.5. The lowest BCUT2D eigenvalue weighted by atomic mass is 9.91. The first-order valence-corrected chi connectivity index (χ1v) is 5.17. The van der Waals surface area contributed by atoms with Crippen LogP contribution >= 0.6 is 0 Å². The van der Waals surface area contributed by atoms with E-state index in [1.165, 1.54) is 6.08 Å². The van der Waals surface area contributed by atoms with Gasteiger partial charge in [-0.05, 0) is 26.3 Å². The Morgan fingerprint density at radius 1 is 1.12 bits per heavy atom. The SMILES string of the molecule is CNC(C1=CCCC1)C(C(F)(F)F)C(F)(F)F. The van der Waals surface area contributed by atoms with Crippen LogP contribution in [0, 0.1) is 5.92 Å². The monoisotopic (exact) mass is 261 g/mol. The fraction of sp³-hybridized carbons (Fsp3) is 0.800. The first-order chi connectivity index (χ1) is 7.68. The van der Waals surface area contributed by atoms with Crippen molar-refractivity contribution >= 4 is 0 Å². The molecule has 0 bridgehead atoms. The third-order valence-electron chi connectivity index (χ3n) is 2.83. The minimum Gasteiger partial charge on any atom is -0.312 e. The minimum atomic E-state index is -5.30. The van der Waals surface area contributed by atoms with Crippen LogP contribution in [0.2, 0.25) is 0 Å². The van der Waals surface area contributed by atoms with Crippen LogP contribution in [-0.4, -0.2) is 25.4 Å². The van der Waals surface area contributed by atoms with Crippen LogP contribution in [0.1, 0.15) is 19.3 Å². The molecule has 0 saturated carbocycles. The Kier molecular flexibility index (Phi) is 4.11. The predicted octanol–water partition coefficient (Wildman–Crippen LogP) is 3.43. The van der Waals surface area contributed by atoms with E-state index in [0.29, 0.717) is 12.8 Å². The van der Waals surface area contributed by atoms with E-state index in [0.717, 1.165) is 7.05 Å². The van der Waals surface area contributed by atoms with Crippen LogP contribution in [0.25, 0.3) is 0 Å². The van der Waals surface area contributed by atoms with E-state index in [1.807, 2.05) is 0 Å². The lowest BCUT2D eigenvalue weighted by Gasteiger charge is -2.31. The van der Waals surface area contributed by atoms with Gasteiger partial charge >= 0.3 is 12.4 Å². The summed E-state index contributed by atoms with van der Waals surface area (Å²) in [5.74, 6) is -3.34. The Morgan fingerprint density at radius 2 is 1.65 bits per heavy atom.